The molecule has 1 atom stereocenters. The van der Waals surface area contributed by atoms with Crippen molar-refractivity contribution in [2.24, 2.45) is 0 Å². The molecule has 0 heterocycles. The zero-order chi connectivity index (χ0) is 34.0. The minimum Gasteiger partial charge on any atom is -0.497 e. The molecule has 48 heavy (non-hydrogen) atoms. The van der Waals surface area contributed by atoms with Gasteiger partial charge in [0.1, 0.15) is 17.1 Å². The molecule has 6 heteroatoms. The molecule has 5 aromatic rings. The Morgan fingerprint density at radius 1 is 0.542 bits per heavy atom. The van der Waals surface area contributed by atoms with Gasteiger partial charge in [0.2, 0.25) is 0 Å². The van der Waals surface area contributed by atoms with Gasteiger partial charge in [0, 0.05) is 13.7 Å². The normalized spacial score (nSPS) is 12.8. The topological polar surface area (TPSA) is 46.2 Å². The maximum absolute atomic E-state index is 7.21. The first-order chi connectivity index (χ1) is 23.3. The Kier molecular flexibility index (Phi) is 11.6. The SMILES string of the molecule is COc1ccc(C(OC[C@H](CCO[Si](c2ccccc2)(c2ccccc2)C(C)(C)C)OC)(c2ccccc2)c2ccc(OC)cc2)cc1. The predicted octanol–water partition coefficient (Wildman–Crippen LogP) is 7.99. The van der Waals surface area contributed by atoms with Crippen LogP contribution in [0.2, 0.25) is 5.04 Å². The molecular formula is C42H48O5Si. The molecule has 5 rings (SSSR count). The van der Waals surface area contributed by atoms with E-state index in [0.717, 1.165) is 28.2 Å². The minimum absolute atomic E-state index is 0.111. The highest BCUT2D eigenvalue weighted by Crippen LogP contribution is 2.42. The average Bonchev–Trinajstić information content (AvgIpc) is 3.14. The molecule has 0 fully saturated rings. The quantitative estimate of drug-likeness (QED) is 0.0842. The molecule has 0 aliphatic rings. The zero-order valence-corrected chi connectivity index (χ0v) is 30.0. The summed E-state index contributed by atoms with van der Waals surface area (Å²) >= 11 is 0. The van der Waals surface area contributed by atoms with Crippen molar-refractivity contribution < 1.29 is 23.4 Å². The molecule has 0 saturated heterocycles. The maximum atomic E-state index is 7.21. The van der Waals surface area contributed by atoms with E-state index in [-0.39, 0.29) is 11.1 Å². The molecule has 0 saturated carbocycles. The van der Waals surface area contributed by atoms with Gasteiger partial charge in [-0.15, -0.1) is 0 Å². The molecule has 5 aromatic carbocycles. The Morgan fingerprint density at radius 2 is 0.958 bits per heavy atom. The summed E-state index contributed by atoms with van der Waals surface area (Å²) in [6.07, 6.45) is 0.444. The highest BCUT2D eigenvalue weighted by atomic mass is 28.4. The molecule has 0 N–H and O–H groups in total. The fraction of sp³-hybridized carbons (Fsp3) is 0.286. The molecule has 0 aliphatic heterocycles. The summed E-state index contributed by atoms with van der Waals surface area (Å²) in [6.45, 7) is 7.77. The Hall–Kier alpha value is -4.20. The second-order valence-corrected chi connectivity index (χ2v) is 17.3. The van der Waals surface area contributed by atoms with E-state index in [1.54, 1.807) is 21.3 Å². The number of hydrogen-bond acceptors (Lipinski definition) is 5. The second kappa shape index (κ2) is 15.8. The predicted molar refractivity (Wildman–Crippen MR) is 197 cm³/mol. The third-order valence-corrected chi connectivity index (χ3v) is 14.2. The maximum Gasteiger partial charge on any atom is 0.261 e. The number of methoxy groups -OCH3 is 3. The lowest BCUT2D eigenvalue weighted by Gasteiger charge is -2.43. The van der Waals surface area contributed by atoms with Crippen LogP contribution >= 0.6 is 0 Å². The third kappa shape index (κ3) is 7.27. The van der Waals surface area contributed by atoms with E-state index in [1.807, 2.05) is 42.5 Å². The Bertz CT molecular complexity index is 1580. The summed E-state index contributed by atoms with van der Waals surface area (Å²) < 4.78 is 31.5. The summed E-state index contributed by atoms with van der Waals surface area (Å²) in [5.41, 5.74) is 2.06. The van der Waals surface area contributed by atoms with E-state index >= 15 is 0 Å². The van der Waals surface area contributed by atoms with Crippen LogP contribution in [0.5, 0.6) is 11.5 Å². The van der Waals surface area contributed by atoms with Crippen LogP contribution in [0.4, 0.5) is 0 Å². The third-order valence-electron chi connectivity index (χ3n) is 9.17. The molecule has 0 bridgehead atoms. The lowest BCUT2D eigenvalue weighted by Crippen LogP contribution is -2.66. The van der Waals surface area contributed by atoms with Crippen molar-refractivity contribution in [2.75, 3.05) is 34.5 Å². The first-order valence-corrected chi connectivity index (χ1v) is 18.5. The lowest BCUT2D eigenvalue weighted by atomic mass is 9.80. The van der Waals surface area contributed by atoms with Gasteiger partial charge >= 0.3 is 0 Å². The molecule has 250 valence electrons. The number of hydrogen-bond donors (Lipinski definition) is 0. The van der Waals surface area contributed by atoms with Crippen LogP contribution in [0.15, 0.2) is 140 Å². The zero-order valence-electron chi connectivity index (χ0n) is 29.0. The van der Waals surface area contributed by atoms with Crippen molar-refractivity contribution >= 4 is 18.7 Å². The Labute approximate surface area is 287 Å². The van der Waals surface area contributed by atoms with Crippen LogP contribution in [-0.2, 0) is 19.5 Å². The van der Waals surface area contributed by atoms with Crippen molar-refractivity contribution in [3.63, 3.8) is 0 Å². The van der Waals surface area contributed by atoms with E-state index in [9.17, 15) is 0 Å². The van der Waals surface area contributed by atoms with E-state index < -0.39 is 13.9 Å². The van der Waals surface area contributed by atoms with Crippen molar-refractivity contribution in [3.05, 3.63) is 156 Å². The average molecular weight is 661 g/mol. The Morgan fingerprint density at radius 3 is 1.35 bits per heavy atom. The molecule has 5 nitrogen and oxygen atoms in total. The van der Waals surface area contributed by atoms with Crippen molar-refractivity contribution in [1.82, 2.24) is 0 Å². The first kappa shape index (κ1) is 35.1. The number of ether oxygens (including phenoxy) is 4. The molecule has 0 aromatic heterocycles. The number of rotatable bonds is 15. The van der Waals surface area contributed by atoms with Crippen LogP contribution in [0, 0.1) is 0 Å². The minimum atomic E-state index is -2.68. The van der Waals surface area contributed by atoms with Crippen LogP contribution < -0.4 is 19.8 Å². The van der Waals surface area contributed by atoms with Crippen LogP contribution in [0.25, 0.3) is 0 Å². The summed E-state index contributed by atoms with van der Waals surface area (Å²) in [7, 11) is 2.42. The monoisotopic (exact) mass is 660 g/mol. The smallest absolute Gasteiger partial charge is 0.261 e. The second-order valence-electron chi connectivity index (χ2n) is 13.0. The van der Waals surface area contributed by atoms with Gasteiger partial charge in [-0.1, -0.05) is 136 Å². The summed E-state index contributed by atoms with van der Waals surface area (Å²) in [5, 5.41) is 2.41. The highest BCUT2D eigenvalue weighted by molar-refractivity contribution is 6.99. The van der Waals surface area contributed by atoms with Gasteiger partial charge in [0.25, 0.3) is 8.32 Å². The summed E-state index contributed by atoms with van der Waals surface area (Å²) in [6, 6.07) is 48.0. The molecule has 0 spiro atoms. The van der Waals surface area contributed by atoms with Crippen LogP contribution in [-0.4, -0.2) is 49.0 Å². The van der Waals surface area contributed by atoms with E-state index in [2.05, 4.69) is 118 Å². The molecule has 0 amide bonds. The van der Waals surface area contributed by atoms with E-state index in [0.29, 0.717) is 19.6 Å². The van der Waals surface area contributed by atoms with Gasteiger partial charge in [0.15, 0.2) is 0 Å². The fourth-order valence-corrected chi connectivity index (χ4v) is 11.2. The van der Waals surface area contributed by atoms with Gasteiger partial charge < -0.3 is 23.4 Å². The van der Waals surface area contributed by atoms with Gasteiger partial charge in [-0.05, 0) is 62.8 Å². The molecule has 0 aliphatic carbocycles. The summed E-state index contributed by atoms with van der Waals surface area (Å²) in [5.74, 6) is 1.57. The van der Waals surface area contributed by atoms with Crippen molar-refractivity contribution in [3.8, 4) is 11.5 Å². The Balaban J connectivity index is 1.48. The molecular weight excluding hydrogens is 613 g/mol. The van der Waals surface area contributed by atoms with Crippen LogP contribution in [0.1, 0.15) is 43.9 Å². The highest BCUT2D eigenvalue weighted by Gasteiger charge is 2.50. The number of benzene rings is 5. The largest absolute Gasteiger partial charge is 0.497 e. The van der Waals surface area contributed by atoms with Gasteiger partial charge in [-0.3, -0.25) is 0 Å². The van der Waals surface area contributed by atoms with E-state index in [1.165, 1.54) is 10.4 Å². The van der Waals surface area contributed by atoms with Gasteiger partial charge in [0.05, 0.1) is 26.9 Å². The van der Waals surface area contributed by atoms with Gasteiger partial charge in [-0.2, -0.15) is 0 Å². The van der Waals surface area contributed by atoms with Crippen molar-refractivity contribution in [2.45, 2.75) is 43.9 Å². The van der Waals surface area contributed by atoms with Crippen LogP contribution in [0.3, 0.4) is 0 Å². The van der Waals surface area contributed by atoms with Crippen molar-refractivity contribution in [1.29, 1.82) is 0 Å². The first-order valence-electron chi connectivity index (χ1n) is 16.5. The standard InChI is InChI=1S/C42H48O5Si/c1-41(2,3)48(39-18-12-8-13-19-39,40-20-14-9-15-21-40)47-31-30-38(45-6)32-46-42(33-16-10-7-11-17-33,34-22-26-36(43-4)27-23-34)35-24-28-37(44-5)29-25-35/h7-29,38H,30-32H2,1-6H3/t38-/m0/s1. The fourth-order valence-electron chi connectivity index (χ4n) is 6.67. The van der Waals surface area contributed by atoms with Gasteiger partial charge in [-0.25, -0.2) is 0 Å². The molecule has 0 radical (unpaired) electrons. The molecule has 0 unspecified atom stereocenters. The lowest BCUT2D eigenvalue weighted by molar-refractivity contribution is -0.0570. The summed E-state index contributed by atoms with van der Waals surface area (Å²) in [4.78, 5) is 0. The van der Waals surface area contributed by atoms with E-state index in [4.69, 9.17) is 23.4 Å².